The van der Waals surface area contributed by atoms with E-state index < -0.39 is 29.7 Å². The normalized spacial score (nSPS) is 20.6. The lowest BCUT2D eigenvalue weighted by atomic mass is 10.1. The van der Waals surface area contributed by atoms with E-state index in [1.807, 2.05) is 19.1 Å². The molecule has 2 aliphatic rings. The molecule has 2 atom stereocenters. The van der Waals surface area contributed by atoms with Crippen molar-refractivity contribution in [3.8, 4) is 0 Å². The van der Waals surface area contributed by atoms with Crippen LogP contribution in [0.3, 0.4) is 0 Å². The maximum absolute atomic E-state index is 13.1. The molecule has 0 spiro atoms. The molecule has 2 aromatic rings. The fraction of sp³-hybridized carbons (Fsp3) is 0.211. The van der Waals surface area contributed by atoms with E-state index in [-0.39, 0.29) is 18.1 Å². The summed E-state index contributed by atoms with van der Waals surface area (Å²) in [7, 11) is 0. The minimum Gasteiger partial charge on any atom is -0.324 e. The van der Waals surface area contributed by atoms with Gasteiger partial charge in [-0.05, 0) is 42.8 Å². The lowest BCUT2D eigenvalue weighted by molar-refractivity contribution is -0.123. The summed E-state index contributed by atoms with van der Waals surface area (Å²) >= 11 is 0. The second kappa shape index (κ2) is 6.84. The fourth-order valence-electron chi connectivity index (χ4n) is 3.25. The molecular formula is C19H16FN5O3. The number of rotatable bonds is 4. The number of para-hydroxylation sites is 1. The number of anilines is 2. The van der Waals surface area contributed by atoms with Crippen molar-refractivity contribution in [2.24, 2.45) is 10.3 Å². The van der Waals surface area contributed by atoms with Crippen LogP contribution in [0.2, 0.25) is 0 Å². The van der Waals surface area contributed by atoms with Gasteiger partial charge in [0, 0.05) is 5.69 Å². The van der Waals surface area contributed by atoms with E-state index in [0.717, 1.165) is 10.5 Å². The summed E-state index contributed by atoms with van der Waals surface area (Å²) in [5.74, 6) is -1.95. The van der Waals surface area contributed by atoms with Crippen molar-refractivity contribution >= 4 is 29.1 Å². The van der Waals surface area contributed by atoms with Gasteiger partial charge in [-0.25, -0.2) is 9.29 Å². The predicted octanol–water partition coefficient (Wildman–Crippen LogP) is 2.07. The molecule has 0 radical (unpaired) electrons. The van der Waals surface area contributed by atoms with Crippen LogP contribution in [-0.2, 0) is 14.4 Å². The molecule has 0 aliphatic carbocycles. The van der Waals surface area contributed by atoms with Crippen LogP contribution in [0.4, 0.5) is 15.8 Å². The van der Waals surface area contributed by atoms with Crippen molar-refractivity contribution in [2.45, 2.75) is 19.0 Å². The first-order valence-corrected chi connectivity index (χ1v) is 8.62. The van der Waals surface area contributed by atoms with E-state index in [0.29, 0.717) is 5.69 Å². The number of hydrogen-bond acceptors (Lipinski definition) is 6. The highest BCUT2D eigenvalue weighted by Gasteiger charge is 2.55. The first-order chi connectivity index (χ1) is 13.5. The van der Waals surface area contributed by atoms with Crippen LogP contribution in [0.1, 0.15) is 5.56 Å². The van der Waals surface area contributed by atoms with Crippen LogP contribution in [-0.4, -0.2) is 41.4 Å². The van der Waals surface area contributed by atoms with Crippen molar-refractivity contribution < 1.29 is 18.8 Å². The van der Waals surface area contributed by atoms with Gasteiger partial charge in [-0.3, -0.25) is 19.4 Å². The van der Waals surface area contributed by atoms with Crippen LogP contribution >= 0.6 is 0 Å². The number of benzene rings is 2. The SMILES string of the molecule is Cc1ccccc1NC(=O)CN1N=N[C@@H]2C(=O)N(c3ccc(F)cc3)C(=O)[C@H]21. The quantitative estimate of drug-likeness (QED) is 0.821. The summed E-state index contributed by atoms with van der Waals surface area (Å²) in [6, 6.07) is 10.3. The minimum absolute atomic E-state index is 0.227. The van der Waals surface area contributed by atoms with Gasteiger partial charge in [-0.1, -0.05) is 23.4 Å². The van der Waals surface area contributed by atoms with Crippen molar-refractivity contribution in [1.82, 2.24) is 5.01 Å². The highest BCUT2D eigenvalue weighted by molar-refractivity contribution is 6.25. The molecule has 1 N–H and O–H groups in total. The zero-order valence-electron chi connectivity index (χ0n) is 14.9. The molecule has 2 heterocycles. The number of aryl methyl sites for hydroxylation is 1. The molecule has 9 heteroatoms. The first-order valence-electron chi connectivity index (χ1n) is 8.62. The highest BCUT2D eigenvalue weighted by atomic mass is 19.1. The Morgan fingerprint density at radius 3 is 2.54 bits per heavy atom. The monoisotopic (exact) mass is 381 g/mol. The molecule has 3 amide bonds. The average Bonchev–Trinajstić information content (AvgIpc) is 3.18. The van der Waals surface area contributed by atoms with Gasteiger partial charge >= 0.3 is 0 Å². The Labute approximate surface area is 159 Å². The van der Waals surface area contributed by atoms with Crippen LogP contribution in [0.15, 0.2) is 58.9 Å². The molecule has 28 heavy (non-hydrogen) atoms. The second-order valence-electron chi connectivity index (χ2n) is 6.54. The summed E-state index contributed by atoms with van der Waals surface area (Å²) in [6.45, 7) is 1.64. The molecule has 8 nitrogen and oxygen atoms in total. The Hall–Kier alpha value is -3.62. The van der Waals surface area contributed by atoms with Gasteiger partial charge in [-0.2, -0.15) is 5.11 Å². The molecule has 4 rings (SSSR count). The van der Waals surface area contributed by atoms with E-state index in [2.05, 4.69) is 15.7 Å². The van der Waals surface area contributed by atoms with Crippen LogP contribution in [0.5, 0.6) is 0 Å². The smallest absolute Gasteiger partial charge is 0.263 e. The lowest BCUT2D eigenvalue weighted by Gasteiger charge is -2.20. The Morgan fingerprint density at radius 1 is 1.11 bits per heavy atom. The number of amides is 3. The maximum Gasteiger partial charge on any atom is 0.263 e. The topological polar surface area (TPSA) is 94.4 Å². The minimum atomic E-state index is -1.01. The molecule has 1 fully saturated rings. The number of hydrogen-bond donors (Lipinski definition) is 1. The number of nitrogens with one attached hydrogen (secondary N) is 1. The zero-order valence-corrected chi connectivity index (χ0v) is 14.9. The Balaban J connectivity index is 1.49. The van der Waals surface area contributed by atoms with Gasteiger partial charge in [0.15, 0.2) is 12.1 Å². The van der Waals surface area contributed by atoms with Crippen molar-refractivity contribution in [1.29, 1.82) is 0 Å². The summed E-state index contributed by atoms with van der Waals surface area (Å²) < 4.78 is 13.1. The molecule has 1 saturated heterocycles. The van der Waals surface area contributed by atoms with Gasteiger partial charge in [0.25, 0.3) is 11.8 Å². The number of halogens is 1. The number of carbonyl (C=O) groups is 3. The molecule has 0 saturated carbocycles. The maximum atomic E-state index is 13.1. The largest absolute Gasteiger partial charge is 0.324 e. The Morgan fingerprint density at radius 2 is 1.82 bits per heavy atom. The van der Waals surface area contributed by atoms with Crippen molar-refractivity contribution in [3.05, 3.63) is 59.9 Å². The molecule has 2 aliphatic heterocycles. The van der Waals surface area contributed by atoms with Crippen molar-refractivity contribution in [3.63, 3.8) is 0 Å². The molecule has 142 valence electrons. The van der Waals surface area contributed by atoms with Gasteiger partial charge in [0.05, 0.1) is 5.69 Å². The Kier molecular flexibility index (Phi) is 4.34. The third kappa shape index (κ3) is 3.00. The number of fused-ring (bicyclic) bond motifs is 1. The van der Waals surface area contributed by atoms with Crippen LogP contribution < -0.4 is 10.2 Å². The third-order valence-electron chi connectivity index (χ3n) is 4.67. The van der Waals surface area contributed by atoms with Gasteiger partial charge in [0.2, 0.25) is 5.91 Å². The number of nitrogens with zero attached hydrogens (tertiary/aromatic N) is 4. The summed E-state index contributed by atoms with van der Waals surface area (Å²) in [6.07, 6.45) is 0. The standard InChI is InChI=1S/C19H16FN5O3/c1-11-4-2-3-5-14(11)21-15(26)10-24-17-16(22-23-24)18(27)25(19(17)28)13-8-6-12(20)7-9-13/h2-9,16-17H,10H2,1H3,(H,21,26)/t16-,17-/m0/s1. The molecule has 0 unspecified atom stereocenters. The second-order valence-corrected chi connectivity index (χ2v) is 6.54. The summed E-state index contributed by atoms with van der Waals surface area (Å²) in [4.78, 5) is 38.7. The molecule has 0 bridgehead atoms. The summed E-state index contributed by atoms with van der Waals surface area (Å²) in [5, 5.41) is 11.7. The van der Waals surface area contributed by atoms with E-state index in [1.54, 1.807) is 12.1 Å². The van der Waals surface area contributed by atoms with Gasteiger partial charge < -0.3 is 5.32 Å². The zero-order chi connectivity index (χ0) is 19.8. The summed E-state index contributed by atoms with van der Waals surface area (Å²) in [5.41, 5.74) is 1.80. The highest BCUT2D eigenvalue weighted by Crippen LogP contribution is 2.31. The van der Waals surface area contributed by atoms with Crippen LogP contribution in [0.25, 0.3) is 0 Å². The lowest BCUT2D eigenvalue weighted by Crippen LogP contribution is -2.43. The van der Waals surface area contributed by atoms with Gasteiger partial charge in [0.1, 0.15) is 12.4 Å². The van der Waals surface area contributed by atoms with E-state index in [9.17, 15) is 18.8 Å². The fourth-order valence-corrected chi connectivity index (χ4v) is 3.25. The van der Waals surface area contributed by atoms with Crippen molar-refractivity contribution in [2.75, 3.05) is 16.8 Å². The van der Waals surface area contributed by atoms with E-state index in [4.69, 9.17) is 0 Å². The Bertz CT molecular complexity index is 991. The molecule has 2 aromatic carbocycles. The molecular weight excluding hydrogens is 365 g/mol. The van der Waals surface area contributed by atoms with E-state index in [1.165, 1.54) is 29.3 Å². The predicted molar refractivity (Wildman–Crippen MR) is 97.8 cm³/mol. The average molecular weight is 381 g/mol. The third-order valence-corrected chi connectivity index (χ3v) is 4.67. The molecule has 0 aromatic heterocycles. The number of carbonyl (C=O) groups excluding carboxylic acids is 3. The van der Waals surface area contributed by atoms with Gasteiger partial charge in [-0.15, -0.1) is 0 Å². The first kappa shape index (κ1) is 17.8. The number of imide groups is 1. The van der Waals surface area contributed by atoms with Crippen LogP contribution in [0, 0.1) is 12.7 Å². The van der Waals surface area contributed by atoms with E-state index >= 15 is 0 Å².